The Kier molecular flexibility index (Phi) is 4.47. The number of carbonyl (C=O) groups is 2. The van der Waals surface area contributed by atoms with Crippen molar-refractivity contribution >= 4 is 17.6 Å². The van der Waals surface area contributed by atoms with E-state index in [1.54, 1.807) is 32.0 Å². The molecule has 0 spiro atoms. The van der Waals surface area contributed by atoms with Crippen LogP contribution in [-0.4, -0.2) is 24.8 Å². The summed E-state index contributed by atoms with van der Waals surface area (Å²) in [5.41, 5.74) is 1.36. The number of allylic oxidation sites excluding steroid dienone is 1. The first kappa shape index (κ1) is 14.9. The molecule has 2 rings (SSSR count). The number of hydrogen-bond acceptors (Lipinski definition) is 5. The first-order valence-corrected chi connectivity index (χ1v) is 6.52. The van der Waals surface area contributed by atoms with Crippen molar-refractivity contribution < 1.29 is 23.8 Å². The molecular weight excluding hydrogens is 274 g/mol. The third kappa shape index (κ3) is 3.98. The molecule has 0 radical (unpaired) electrons. The summed E-state index contributed by atoms with van der Waals surface area (Å²) in [6, 6.07) is 5.05. The zero-order valence-electron chi connectivity index (χ0n) is 12.1. The summed E-state index contributed by atoms with van der Waals surface area (Å²) < 4.78 is 15.4. The van der Waals surface area contributed by atoms with Crippen molar-refractivity contribution in [3.8, 4) is 11.5 Å². The molecule has 1 heterocycles. The van der Waals surface area contributed by atoms with Crippen LogP contribution in [0.3, 0.4) is 0 Å². The fourth-order valence-electron chi connectivity index (χ4n) is 1.72. The van der Waals surface area contributed by atoms with Crippen molar-refractivity contribution in [2.24, 2.45) is 0 Å². The molecule has 0 aliphatic carbocycles. The molecule has 1 aliphatic heterocycles. The molecule has 0 bridgehead atoms. The van der Waals surface area contributed by atoms with E-state index in [1.807, 2.05) is 0 Å². The molecule has 0 aromatic heterocycles. The number of amides is 1. The molecule has 1 atom stereocenters. The molecule has 1 aromatic rings. The van der Waals surface area contributed by atoms with E-state index >= 15 is 0 Å². The summed E-state index contributed by atoms with van der Waals surface area (Å²) >= 11 is 0. The molecule has 1 unspecified atom stereocenters. The van der Waals surface area contributed by atoms with Crippen molar-refractivity contribution in [3.05, 3.63) is 29.8 Å². The predicted molar refractivity (Wildman–Crippen MR) is 76.2 cm³/mol. The highest BCUT2D eigenvalue weighted by molar-refractivity contribution is 5.96. The lowest BCUT2D eigenvalue weighted by atomic mass is 10.2. The van der Waals surface area contributed by atoms with Crippen LogP contribution in [0.2, 0.25) is 0 Å². The van der Waals surface area contributed by atoms with Crippen LogP contribution < -0.4 is 14.8 Å². The smallest absolute Gasteiger partial charge is 0.331 e. The number of esters is 1. The number of benzene rings is 1. The van der Waals surface area contributed by atoms with Gasteiger partial charge in [-0.15, -0.1) is 0 Å². The van der Waals surface area contributed by atoms with Crippen LogP contribution in [0.15, 0.2) is 29.8 Å². The van der Waals surface area contributed by atoms with Crippen molar-refractivity contribution in [3.63, 3.8) is 0 Å². The molecule has 0 fully saturated rings. The second-order valence-electron chi connectivity index (χ2n) is 4.86. The van der Waals surface area contributed by atoms with Gasteiger partial charge in [-0.25, -0.2) is 4.79 Å². The predicted octanol–water partition coefficient (Wildman–Crippen LogP) is 2.25. The monoisotopic (exact) mass is 291 g/mol. The fraction of sp³-hybridized carbons (Fsp3) is 0.333. The summed E-state index contributed by atoms with van der Waals surface area (Å²) in [6.07, 6.45) is 0.447. The summed E-state index contributed by atoms with van der Waals surface area (Å²) in [5, 5.41) is 2.66. The summed E-state index contributed by atoms with van der Waals surface area (Å²) in [4.78, 5) is 23.4. The molecule has 6 nitrogen and oxygen atoms in total. The van der Waals surface area contributed by atoms with Crippen LogP contribution in [-0.2, 0) is 14.3 Å². The number of hydrogen-bond donors (Lipinski definition) is 1. The van der Waals surface area contributed by atoms with Crippen molar-refractivity contribution in [1.29, 1.82) is 0 Å². The minimum Gasteiger partial charge on any atom is -0.454 e. The molecule has 1 amide bonds. The van der Waals surface area contributed by atoms with Crippen molar-refractivity contribution in [2.75, 3.05) is 12.1 Å². The lowest BCUT2D eigenvalue weighted by Crippen LogP contribution is -2.29. The van der Waals surface area contributed by atoms with Gasteiger partial charge in [0.05, 0.1) is 0 Å². The van der Waals surface area contributed by atoms with Crippen LogP contribution in [0, 0.1) is 0 Å². The van der Waals surface area contributed by atoms with Gasteiger partial charge in [0.15, 0.2) is 17.6 Å². The molecule has 1 N–H and O–H groups in total. The van der Waals surface area contributed by atoms with Crippen molar-refractivity contribution in [1.82, 2.24) is 0 Å². The Bertz CT molecular complexity index is 590. The third-order valence-corrected chi connectivity index (χ3v) is 2.71. The topological polar surface area (TPSA) is 73.9 Å². The van der Waals surface area contributed by atoms with Crippen LogP contribution >= 0.6 is 0 Å². The summed E-state index contributed by atoms with van der Waals surface area (Å²) in [6.45, 7) is 5.24. The molecule has 0 saturated carbocycles. The molecule has 21 heavy (non-hydrogen) atoms. The number of anilines is 1. The Morgan fingerprint density at radius 2 is 2.00 bits per heavy atom. The molecule has 1 aromatic carbocycles. The van der Waals surface area contributed by atoms with Crippen LogP contribution in [0.1, 0.15) is 20.8 Å². The largest absolute Gasteiger partial charge is 0.454 e. The van der Waals surface area contributed by atoms with Crippen LogP contribution in [0.4, 0.5) is 5.69 Å². The van der Waals surface area contributed by atoms with Gasteiger partial charge in [-0.3, -0.25) is 4.79 Å². The average molecular weight is 291 g/mol. The highest BCUT2D eigenvalue weighted by Gasteiger charge is 2.19. The Balaban J connectivity index is 1.94. The van der Waals surface area contributed by atoms with Gasteiger partial charge in [0.1, 0.15) is 0 Å². The maximum atomic E-state index is 12.0. The Morgan fingerprint density at radius 1 is 1.29 bits per heavy atom. The van der Waals surface area contributed by atoms with E-state index in [0.717, 1.165) is 5.57 Å². The number of ether oxygens (including phenoxy) is 3. The molecule has 6 heteroatoms. The first-order chi connectivity index (χ1) is 9.95. The number of carbonyl (C=O) groups excluding carboxylic acids is 2. The highest BCUT2D eigenvalue weighted by atomic mass is 16.7. The van der Waals surface area contributed by atoms with Gasteiger partial charge < -0.3 is 19.5 Å². The first-order valence-electron chi connectivity index (χ1n) is 6.52. The van der Waals surface area contributed by atoms with E-state index in [9.17, 15) is 9.59 Å². The highest BCUT2D eigenvalue weighted by Crippen LogP contribution is 2.34. The Morgan fingerprint density at radius 3 is 2.71 bits per heavy atom. The summed E-state index contributed by atoms with van der Waals surface area (Å²) in [7, 11) is 0. The van der Waals surface area contributed by atoms with Crippen LogP contribution in [0.5, 0.6) is 11.5 Å². The van der Waals surface area contributed by atoms with Gasteiger partial charge in [0.2, 0.25) is 6.79 Å². The molecule has 1 aliphatic rings. The fourth-order valence-corrected chi connectivity index (χ4v) is 1.72. The standard InChI is InChI=1S/C15H17NO5/c1-9(2)6-14(17)21-10(3)15(18)16-11-4-5-12-13(7-11)20-8-19-12/h4-7,10H,8H2,1-3H3,(H,16,18). The number of fused-ring (bicyclic) bond motifs is 1. The van der Waals surface area contributed by atoms with Gasteiger partial charge in [0, 0.05) is 17.8 Å². The van der Waals surface area contributed by atoms with Gasteiger partial charge in [0.25, 0.3) is 5.91 Å². The summed E-state index contributed by atoms with van der Waals surface area (Å²) in [5.74, 6) is 0.255. The Hall–Kier alpha value is -2.50. The molecule has 112 valence electrons. The minimum atomic E-state index is -0.890. The number of nitrogens with one attached hydrogen (secondary N) is 1. The van der Waals surface area contributed by atoms with Gasteiger partial charge in [-0.2, -0.15) is 0 Å². The second kappa shape index (κ2) is 6.30. The maximum Gasteiger partial charge on any atom is 0.331 e. The SMILES string of the molecule is CC(C)=CC(=O)OC(C)C(=O)Nc1ccc2c(c1)OCO2. The number of rotatable bonds is 4. The Labute approximate surface area is 122 Å². The zero-order chi connectivity index (χ0) is 15.4. The maximum absolute atomic E-state index is 12.0. The third-order valence-electron chi connectivity index (χ3n) is 2.71. The zero-order valence-corrected chi connectivity index (χ0v) is 12.1. The van der Waals surface area contributed by atoms with Crippen LogP contribution in [0.25, 0.3) is 0 Å². The van der Waals surface area contributed by atoms with Crippen molar-refractivity contribution in [2.45, 2.75) is 26.9 Å². The molecule has 0 saturated heterocycles. The van der Waals surface area contributed by atoms with E-state index in [4.69, 9.17) is 14.2 Å². The normalized spacial score (nSPS) is 13.3. The van der Waals surface area contributed by atoms with Gasteiger partial charge in [-0.05, 0) is 32.9 Å². The van der Waals surface area contributed by atoms with E-state index in [-0.39, 0.29) is 6.79 Å². The van der Waals surface area contributed by atoms with Gasteiger partial charge >= 0.3 is 5.97 Å². The van der Waals surface area contributed by atoms with Gasteiger partial charge in [-0.1, -0.05) is 5.57 Å². The lowest BCUT2D eigenvalue weighted by molar-refractivity contribution is -0.148. The second-order valence-corrected chi connectivity index (χ2v) is 4.86. The van der Waals surface area contributed by atoms with E-state index < -0.39 is 18.0 Å². The lowest BCUT2D eigenvalue weighted by Gasteiger charge is -2.12. The van der Waals surface area contributed by atoms with E-state index in [2.05, 4.69) is 5.32 Å². The van der Waals surface area contributed by atoms with E-state index in [0.29, 0.717) is 17.2 Å². The average Bonchev–Trinajstić information content (AvgIpc) is 2.84. The quantitative estimate of drug-likeness (QED) is 0.680. The van der Waals surface area contributed by atoms with E-state index in [1.165, 1.54) is 13.0 Å². The molecular formula is C15H17NO5. The minimum absolute atomic E-state index is 0.170.